The van der Waals surface area contributed by atoms with Crippen LogP contribution >= 0.6 is 0 Å². The molecule has 0 radical (unpaired) electrons. The summed E-state index contributed by atoms with van der Waals surface area (Å²) in [6.07, 6.45) is 5.55. The van der Waals surface area contributed by atoms with Crippen molar-refractivity contribution in [3.8, 4) is 22.3 Å². The molecule has 1 aliphatic carbocycles. The molecule has 74 heavy (non-hydrogen) atoms. The second-order valence-corrected chi connectivity index (χ2v) is 22.5. The third-order valence-corrected chi connectivity index (χ3v) is 17.3. The highest BCUT2D eigenvalue weighted by Gasteiger charge is 2.52. The lowest BCUT2D eigenvalue weighted by molar-refractivity contribution is 0.567. The van der Waals surface area contributed by atoms with E-state index in [0.29, 0.717) is 0 Å². The van der Waals surface area contributed by atoms with Crippen molar-refractivity contribution < 1.29 is 0 Å². The van der Waals surface area contributed by atoms with Gasteiger partial charge in [0.1, 0.15) is 0 Å². The Hall–Kier alpha value is -8.40. The topological polar surface area (TPSA) is 9.72 Å². The molecule has 4 aliphatic rings. The maximum absolute atomic E-state index is 2.69. The average molecular weight is 954 g/mol. The van der Waals surface area contributed by atoms with Crippen molar-refractivity contribution in [3.63, 3.8) is 0 Å². The molecule has 3 heterocycles. The summed E-state index contributed by atoms with van der Waals surface area (Å²) in [5.41, 5.74) is 25.0. The maximum Gasteiger partial charge on any atom is 0.0631 e. The van der Waals surface area contributed by atoms with Crippen LogP contribution in [-0.2, 0) is 16.2 Å². The molecule has 10 aromatic rings. The van der Waals surface area contributed by atoms with Crippen LogP contribution in [0.25, 0.3) is 39.1 Å². The lowest BCUT2D eigenvalue weighted by Gasteiger charge is -2.55. The minimum atomic E-state index is -0.322. The van der Waals surface area contributed by atoms with Crippen molar-refractivity contribution >= 4 is 62.3 Å². The highest BCUT2D eigenvalue weighted by atomic mass is 15.2. The summed E-state index contributed by atoms with van der Waals surface area (Å²) in [7, 11) is 0. The molecule has 3 aliphatic heterocycles. The first-order valence-electron chi connectivity index (χ1n) is 26.4. The molecule has 0 spiro atoms. The van der Waals surface area contributed by atoms with Crippen LogP contribution in [0, 0.1) is 0 Å². The van der Waals surface area contributed by atoms with E-state index < -0.39 is 0 Å². The van der Waals surface area contributed by atoms with Crippen LogP contribution in [-0.4, -0.2) is 0 Å². The summed E-state index contributed by atoms with van der Waals surface area (Å²) in [4.78, 5) is 7.62. The Kier molecular flexibility index (Phi) is 9.76. The minimum Gasteiger partial charge on any atom is -0.334 e. The van der Waals surface area contributed by atoms with Crippen LogP contribution < -0.4 is 14.7 Å². The first-order chi connectivity index (χ1) is 36.0. The van der Waals surface area contributed by atoms with Crippen molar-refractivity contribution in [2.75, 3.05) is 14.7 Å². The summed E-state index contributed by atoms with van der Waals surface area (Å²) >= 11 is 0. The number of hydrogen-bond donors (Lipinski definition) is 0. The molecule has 1 unspecified atom stereocenters. The highest BCUT2D eigenvalue weighted by molar-refractivity contribution is 6.01. The SMILES string of the molecule is CC1(C)c2cccc3c2N2c4c1cc(-c1ccc(N(c5ccccc5)c5cccc6ccccc56)cc1)cc4C(C)(C)c1cc(-c4ccc(N(c5ccccc5)C5CC=Cc6ccccc65)cc4)cc(c12)C3(C)C. The van der Waals surface area contributed by atoms with Crippen molar-refractivity contribution in [3.05, 3.63) is 269 Å². The molecule has 0 N–H and O–H groups in total. The predicted molar refractivity (Wildman–Crippen MR) is 312 cm³/mol. The Labute approximate surface area is 436 Å². The summed E-state index contributed by atoms with van der Waals surface area (Å²) in [6.45, 7) is 14.7. The number of rotatable bonds is 8. The Balaban J connectivity index is 0.905. The summed E-state index contributed by atoms with van der Waals surface area (Å²) in [5, 5.41) is 2.45. The second-order valence-electron chi connectivity index (χ2n) is 22.5. The first-order valence-corrected chi connectivity index (χ1v) is 26.4. The van der Waals surface area contributed by atoms with Gasteiger partial charge in [-0.1, -0.05) is 193 Å². The van der Waals surface area contributed by atoms with E-state index in [1.54, 1.807) is 0 Å². The van der Waals surface area contributed by atoms with E-state index >= 15 is 0 Å². The van der Waals surface area contributed by atoms with Crippen LogP contribution in [0.2, 0.25) is 0 Å². The summed E-state index contributed by atoms with van der Waals surface area (Å²) in [6, 6.07) is 81.9. The van der Waals surface area contributed by atoms with Crippen LogP contribution in [0.1, 0.15) is 98.5 Å². The molecule has 358 valence electrons. The van der Waals surface area contributed by atoms with E-state index in [9.17, 15) is 0 Å². The van der Waals surface area contributed by atoms with Gasteiger partial charge < -0.3 is 14.7 Å². The summed E-state index contributed by atoms with van der Waals surface area (Å²) in [5.74, 6) is 0. The molecule has 0 amide bonds. The molecule has 0 fully saturated rings. The molecule has 0 saturated carbocycles. The van der Waals surface area contributed by atoms with Crippen molar-refractivity contribution in [1.82, 2.24) is 0 Å². The fourth-order valence-electron chi connectivity index (χ4n) is 13.3. The smallest absolute Gasteiger partial charge is 0.0631 e. The highest BCUT2D eigenvalue weighted by Crippen LogP contribution is 2.67. The predicted octanol–water partition coefficient (Wildman–Crippen LogP) is 19.3. The van der Waals surface area contributed by atoms with E-state index in [0.717, 1.165) is 23.5 Å². The molecular formula is C71H59N3. The van der Waals surface area contributed by atoms with E-state index in [1.165, 1.54) is 106 Å². The van der Waals surface area contributed by atoms with Gasteiger partial charge in [0, 0.05) is 44.4 Å². The molecule has 3 nitrogen and oxygen atoms in total. The second kappa shape index (κ2) is 16.3. The quantitative estimate of drug-likeness (QED) is 0.150. The van der Waals surface area contributed by atoms with Gasteiger partial charge in [-0.3, -0.25) is 0 Å². The van der Waals surface area contributed by atoms with Crippen molar-refractivity contribution in [2.45, 2.75) is 70.3 Å². The normalized spacial score (nSPS) is 16.6. The van der Waals surface area contributed by atoms with Gasteiger partial charge in [0.2, 0.25) is 0 Å². The largest absolute Gasteiger partial charge is 0.334 e. The zero-order valence-corrected chi connectivity index (χ0v) is 43.1. The van der Waals surface area contributed by atoms with Gasteiger partial charge in [0.05, 0.1) is 28.8 Å². The number of nitrogens with zero attached hydrogens (tertiary/aromatic N) is 3. The lowest BCUT2D eigenvalue weighted by Crippen LogP contribution is -2.43. The van der Waals surface area contributed by atoms with E-state index in [4.69, 9.17) is 0 Å². The van der Waals surface area contributed by atoms with Crippen molar-refractivity contribution in [2.24, 2.45) is 0 Å². The number of para-hydroxylation sites is 3. The number of hydrogen-bond acceptors (Lipinski definition) is 3. The van der Waals surface area contributed by atoms with Gasteiger partial charge in [0.25, 0.3) is 0 Å². The standard InChI is InChI=1S/C71H59N3/c1-69(2)58-30-19-31-59-66(58)74-67-60(69)42-50(46-34-38-54(39-35-46)72(52-24-9-7-10-25-52)64-32-17-22-48-20-13-15-28-56(48)64)44-62(67)71(5,6)63-45-51(43-61(68(63)74)70(59,3)4)47-36-40-55(41-37-47)73(53-26-11-8-12-27-53)65-33-18-23-49-21-14-16-29-57(49)65/h7-32,34-45,65H,33H2,1-6H3. The lowest BCUT2D eigenvalue weighted by atomic mass is 9.60. The summed E-state index contributed by atoms with van der Waals surface area (Å²) < 4.78 is 0. The molecule has 0 saturated heterocycles. The Morgan fingerprint density at radius 2 is 0.838 bits per heavy atom. The number of anilines is 8. The van der Waals surface area contributed by atoms with E-state index in [2.05, 4.69) is 287 Å². The average Bonchev–Trinajstić information content (AvgIpc) is 3.63. The Morgan fingerprint density at radius 3 is 1.45 bits per heavy atom. The molecule has 0 aromatic heterocycles. The monoisotopic (exact) mass is 953 g/mol. The molecule has 10 aromatic carbocycles. The number of fused-ring (bicyclic) bond motifs is 2. The fourth-order valence-corrected chi connectivity index (χ4v) is 13.3. The zero-order valence-electron chi connectivity index (χ0n) is 43.1. The van der Waals surface area contributed by atoms with E-state index in [1.807, 2.05) is 0 Å². The van der Waals surface area contributed by atoms with Crippen LogP contribution in [0.15, 0.2) is 224 Å². The molecule has 1 atom stereocenters. The zero-order chi connectivity index (χ0) is 50.1. The maximum atomic E-state index is 2.69. The van der Waals surface area contributed by atoms with Crippen molar-refractivity contribution in [1.29, 1.82) is 0 Å². The third kappa shape index (κ3) is 6.51. The Morgan fingerprint density at radius 1 is 0.392 bits per heavy atom. The van der Waals surface area contributed by atoms with Gasteiger partial charge in [-0.2, -0.15) is 0 Å². The molecule has 14 rings (SSSR count). The molecule has 3 heteroatoms. The third-order valence-electron chi connectivity index (χ3n) is 17.3. The van der Waals surface area contributed by atoms with Crippen LogP contribution in [0.3, 0.4) is 0 Å². The van der Waals surface area contributed by atoms with Gasteiger partial charge in [0.15, 0.2) is 0 Å². The van der Waals surface area contributed by atoms with Gasteiger partial charge in [-0.25, -0.2) is 0 Å². The Bertz CT molecular complexity index is 3890. The minimum absolute atomic E-state index is 0.186. The molecule has 0 bridgehead atoms. The fraction of sp³-hybridized carbons (Fsp3) is 0.155. The van der Waals surface area contributed by atoms with Gasteiger partial charge >= 0.3 is 0 Å². The van der Waals surface area contributed by atoms with E-state index in [-0.39, 0.29) is 22.3 Å². The van der Waals surface area contributed by atoms with Crippen LogP contribution in [0.4, 0.5) is 45.5 Å². The van der Waals surface area contributed by atoms with Crippen LogP contribution in [0.5, 0.6) is 0 Å². The first kappa shape index (κ1) is 44.3. The van der Waals surface area contributed by atoms with Gasteiger partial charge in [-0.15, -0.1) is 0 Å². The van der Waals surface area contributed by atoms with Gasteiger partial charge in [-0.05, 0) is 157 Å². The molecular weight excluding hydrogens is 895 g/mol. The number of benzene rings is 10.